The fourth-order valence-corrected chi connectivity index (χ4v) is 3.03. The molecule has 0 aliphatic rings. The Bertz CT molecular complexity index is 687. The van der Waals surface area contributed by atoms with Gasteiger partial charge in [-0.1, -0.05) is 19.1 Å². The molecule has 2 N–H and O–H groups in total. The van der Waals surface area contributed by atoms with Gasteiger partial charge in [-0.15, -0.1) is 35.3 Å². The molecule has 0 aliphatic carbocycles. The Labute approximate surface area is 170 Å². The molecule has 138 valence electrons. The molecule has 1 aromatic heterocycles. The van der Waals surface area contributed by atoms with Crippen LogP contribution in [0.2, 0.25) is 0 Å². The van der Waals surface area contributed by atoms with Crippen LogP contribution in [0.1, 0.15) is 35.7 Å². The van der Waals surface area contributed by atoms with Crippen LogP contribution >= 0.6 is 35.3 Å². The number of aliphatic imine (C=N–C) groups is 1. The number of guanidine groups is 1. The van der Waals surface area contributed by atoms with E-state index < -0.39 is 0 Å². The van der Waals surface area contributed by atoms with Crippen molar-refractivity contribution in [3.63, 3.8) is 0 Å². The average Bonchev–Trinajstić information content (AvgIpc) is 3.03. The molecule has 0 radical (unpaired) electrons. The molecule has 1 heterocycles. The molecule has 0 unspecified atom stereocenters. The number of hydrogen-bond donors (Lipinski definition) is 2. The maximum Gasteiger partial charge on any atom is 0.191 e. The van der Waals surface area contributed by atoms with Crippen molar-refractivity contribution in [1.82, 2.24) is 15.6 Å². The van der Waals surface area contributed by atoms with Crippen molar-refractivity contribution in [3.8, 4) is 0 Å². The smallest absolute Gasteiger partial charge is 0.191 e. The quantitative estimate of drug-likeness (QED) is 0.360. The lowest BCUT2D eigenvalue weighted by atomic mass is 10.1. The van der Waals surface area contributed by atoms with E-state index in [4.69, 9.17) is 0 Å². The van der Waals surface area contributed by atoms with Crippen molar-refractivity contribution < 1.29 is 4.39 Å². The summed E-state index contributed by atoms with van der Waals surface area (Å²) in [5, 5.41) is 9.85. The molecule has 0 fully saturated rings. The highest BCUT2D eigenvalue weighted by molar-refractivity contribution is 14.0. The van der Waals surface area contributed by atoms with E-state index in [0.29, 0.717) is 12.1 Å². The standard InChI is InChI=1S/C18H25FN4S.HI/c1-4-17-23-15(12-24-17)8-9-21-18(20-5-2)22-11-14-6-7-16(19)13(3)10-14;/h6-7,10,12H,4-5,8-9,11H2,1-3H3,(H2,20,21,22);1H. The lowest BCUT2D eigenvalue weighted by molar-refractivity contribution is 0.617. The van der Waals surface area contributed by atoms with Crippen LogP contribution in [-0.4, -0.2) is 24.0 Å². The molecule has 1 aromatic carbocycles. The van der Waals surface area contributed by atoms with Crippen molar-refractivity contribution in [3.05, 3.63) is 51.2 Å². The maximum absolute atomic E-state index is 13.3. The summed E-state index contributed by atoms with van der Waals surface area (Å²) in [4.78, 5) is 9.13. The Morgan fingerprint density at radius 2 is 2.08 bits per heavy atom. The molecule has 7 heteroatoms. The highest BCUT2D eigenvalue weighted by atomic mass is 127. The largest absolute Gasteiger partial charge is 0.357 e. The molecule has 0 atom stereocenters. The van der Waals surface area contributed by atoms with Crippen molar-refractivity contribution in [2.24, 2.45) is 4.99 Å². The molecule has 0 spiro atoms. The summed E-state index contributed by atoms with van der Waals surface area (Å²) in [5.41, 5.74) is 2.77. The minimum Gasteiger partial charge on any atom is -0.357 e. The topological polar surface area (TPSA) is 49.3 Å². The number of rotatable bonds is 7. The van der Waals surface area contributed by atoms with Gasteiger partial charge in [0.1, 0.15) is 5.82 Å². The summed E-state index contributed by atoms with van der Waals surface area (Å²) >= 11 is 1.71. The predicted octanol–water partition coefficient (Wildman–Crippen LogP) is 4.07. The van der Waals surface area contributed by atoms with Crippen molar-refractivity contribution in [2.75, 3.05) is 13.1 Å². The van der Waals surface area contributed by atoms with Crippen LogP contribution in [0.5, 0.6) is 0 Å². The minimum atomic E-state index is -0.178. The van der Waals surface area contributed by atoms with Crippen LogP contribution < -0.4 is 10.6 Å². The summed E-state index contributed by atoms with van der Waals surface area (Å²) in [6, 6.07) is 5.11. The van der Waals surface area contributed by atoms with Crippen LogP contribution in [0.4, 0.5) is 4.39 Å². The van der Waals surface area contributed by atoms with E-state index in [1.54, 1.807) is 24.3 Å². The Morgan fingerprint density at radius 1 is 1.28 bits per heavy atom. The predicted molar refractivity (Wildman–Crippen MR) is 115 cm³/mol. The minimum absolute atomic E-state index is 0. The van der Waals surface area contributed by atoms with Gasteiger partial charge in [0.15, 0.2) is 5.96 Å². The molecule has 4 nitrogen and oxygen atoms in total. The van der Waals surface area contributed by atoms with Gasteiger partial charge in [0.2, 0.25) is 0 Å². The molecule has 0 bridgehead atoms. The van der Waals surface area contributed by atoms with Crippen LogP contribution in [-0.2, 0) is 19.4 Å². The molecule has 0 amide bonds. The van der Waals surface area contributed by atoms with Gasteiger partial charge >= 0.3 is 0 Å². The fraction of sp³-hybridized carbons (Fsp3) is 0.444. The van der Waals surface area contributed by atoms with E-state index in [0.717, 1.165) is 43.1 Å². The number of nitrogens with one attached hydrogen (secondary N) is 2. The summed E-state index contributed by atoms with van der Waals surface area (Å²) in [6.45, 7) is 8.02. The van der Waals surface area contributed by atoms with Gasteiger partial charge in [0.05, 0.1) is 17.2 Å². The second-order valence-electron chi connectivity index (χ2n) is 5.54. The zero-order valence-electron chi connectivity index (χ0n) is 14.9. The van der Waals surface area contributed by atoms with Crippen molar-refractivity contribution in [1.29, 1.82) is 0 Å². The third-order valence-electron chi connectivity index (χ3n) is 3.56. The first-order valence-corrected chi connectivity index (χ1v) is 9.20. The SMILES string of the molecule is CCNC(=NCc1ccc(F)c(C)c1)NCCc1csc(CC)n1.I. The number of hydrogen-bond acceptors (Lipinski definition) is 3. The lowest BCUT2D eigenvalue weighted by Crippen LogP contribution is -2.38. The number of aromatic nitrogens is 1. The van der Waals surface area contributed by atoms with E-state index in [1.165, 1.54) is 11.1 Å². The van der Waals surface area contributed by atoms with Crippen LogP contribution in [0.15, 0.2) is 28.6 Å². The van der Waals surface area contributed by atoms with Crippen LogP contribution in [0.25, 0.3) is 0 Å². The van der Waals surface area contributed by atoms with E-state index >= 15 is 0 Å². The Hall–Kier alpha value is -1.22. The number of nitrogens with zero attached hydrogens (tertiary/aromatic N) is 2. The maximum atomic E-state index is 13.3. The van der Waals surface area contributed by atoms with Gasteiger partial charge in [-0.25, -0.2) is 14.4 Å². The molecule has 2 aromatic rings. The summed E-state index contributed by atoms with van der Waals surface area (Å²) in [5.74, 6) is 0.591. The Balaban J connectivity index is 0.00000312. The normalized spacial score (nSPS) is 11.1. The molecule has 0 saturated heterocycles. The number of halogens is 2. The first-order valence-electron chi connectivity index (χ1n) is 8.32. The number of aryl methyl sites for hydroxylation is 2. The highest BCUT2D eigenvalue weighted by Gasteiger charge is 2.03. The van der Waals surface area contributed by atoms with E-state index in [2.05, 4.69) is 32.9 Å². The van der Waals surface area contributed by atoms with Crippen molar-refractivity contribution >= 4 is 41.3 Å². The molecular weight excluding hydrogens is 450 g/mol. The number of thiazole rings is 1. The zero-order valence-corrected chi connectivity index (χ0v) is 18.1. The first-order chi connectivity index (χ1) is 11.6. The average molecular weight is 476 g/mol. The second-order valence-corrected chi connectivity index (χ2v) is 6.48. The zero-order chi connectivity index (χ0) is 17.4. The van der Waals surface area contributed by atoms with Gasteiger partial charge in [0.25, 0.3) is 0 Å². The van der Waals surface area contributed by atoms with Crippen molar-refractivity contribution in [2.45, 2.75) is 40.2 Å². The molecule has 25 heavy (non-hydrogen) atoms. The fourth-order valence-electron chi connectivity index (χ4n) is 2.25. The second kappa shape index (κ2) is 11.4. The third kappa shape index (κ3) is 7.27. The molecule has 0 saturated carbocycles. The third-order valence-corrected chi connectivity index (χ3v) is 4.60. The van der Waals surface area contributed by atoms with Gasteiger partial charge < -0.3 is 10.6 Å². The van der Waals surface area contributed by atoms with E-state index in [1.807, 2.05) is 13.0 Å². The molecular formula is C18H26FIN4S. The first kappa shape index (κ1) is 21.8. The molecule has 0 aliphatic heterocycles. The van der Waals surface area contributed by atoms with Crippen LogP contribution in [0.3, 0.4) is 0 Å². The van der Waals surface area contributed by atoms with E-state index in [-0.39, 0.29) is 29.8 Å². The molecule has 2 rings (SSSR count). The van der Waals surface area contributed by atoms with Crippen LogP contribution in [0, 0.1) is 12.7 Å². The Morgan fingerprint density at radius 3 is 2.72 bits per heavy atom. The summed E-state index contributed by atoms with van der Waals surface area (Å²) in [7, 11) is 0. The van der Waals surface area contributed by atoms with Gasteiger partial charge in [-0.2, -0.15) is 0 Å². The summed E-state index contributed by atoms with van der Waals surface area (Å²) < 4.78 is 13.3. The summed E-state index contributed by atoms with van der Waals surface area (Å²) in [6.07, 6.45) is 1.86. The highest BCUT2D eigenvalue weighted by Crippen LogP contribution is 2.11. The van der Waals surface area contributed by atoms with Gasteiger partial charge in [0, 0.05) is 24.9 Å². The Kier molecular flexibility index (Phi) is 9.96. The monoisotopic (exact) mass is 476 g/mol. The van der Waals surface area contributed by atoms with E-state index in [9.17, 15) is 4.39 Å². The van der Waals surface area contributed by atoms with Gasteiger partial charge in [-0.3, -0.25) is 0 Å². The van der Waals surface area contributed by atoms with Gasteiger partial charge in [-0.05, 0) is 37.5 Å². The lowest BCUT2D eigenvalue weighted by Gasteiger charge is -2.11. The number of benzene rings is 1.